The SMILES string of the molecule is Cc1cccc(N)c1C(=O)OCCC(C)(C)O. The van der Waals surface area contributed by atoms with E-state index < -0.39 is 11.6 Å². The summed E-state index contributed by atoms with van der Waals surface area (Å²) in [4.78, 5) is 11.8. The van der Waals surface area contributed by atoms with E-state index in [0.29, 0.717) is 17.7 Å². The van der Waals surface area contributed by atoms with E-state index in [2.05, 4.69) is 0 Å². The molecule has 0 saturated carbocycles. The first kappa shape index (κ1) is 13.5. The third kappa shape index (κ3) is 4.07. The van der Waals surface area contributed by atoms with Gasteiger partial charge in [-0.25, -0.2) is 4.79 Å². The summed E-state index contributed by atoms with van der Waals surface area (Å²) in [5.41, 5.74) is 6.50. The minimum absolute atomic E-state index is 0.177. The lowest BCUT2D eigenvalue weighted by Gasteiger charge is -2.17. The van der Waals surface area contributed by atoms with E-state index in [-0.39, 0.29) is 6.61 Å². The van der Waals surface area contributed by atoms with Gasteiger partial charge in [0.2, 0.25) is 0 Å². The van der Waals surface area contributed by atoms with Gasteiger partial charge in [-0.15, -0.1) is 0 Å². The largest absolute Gasteiger partial charge is 0.462 e. The molecule has 0 amide bonds. The molecule has 0 spiro atoms. The van der Waals surface area contributed by atoms with Crippen LogP contribution in [-0.4, -0.2) is 23.3 Å². The molecule has 4 heteroatoms. The van der Waals surface area contributed by atoms with Gasteiger partial charge >= 0.3 is 5.97 Å². The zero-order valence-electron chi connectivity index (χ0n) is 10.5. The number of aliphatic hydroxyl groups is 1. The van der Waals surface area contributed by atoms with E-state index >= 15 is 0 Å². The van der Waals surface area contributed by atoms with Crippen LogP contribution in [0.4, 0.5) is 5.69 Å². The van der Waals surface area contributed by atoms with Crippen molar-refractivity contribution < 1.29 is 14.6 Å². The maximum atomic E-state index is 11.8. The van der Waals surface area contributed by atoms with Crippen LogP contribution < -0.4 is 5.73 Å². The number of carbonyl (C=O) groups is 1. The lowest BCUT2D eigenvalue weighted by Crippen LogP contribution is -2.22. The predicted octanol–water partition coefficient (Wildman–Crippen LogP) is 1.90. The van der Waals surface area contributed by atoms with Crippen LogP contribution in [0.25, 0.3) is 0 Å². The van der Waals surface area contributed by atoms with Crippen LogP contribution >= 0.6 is 0 Å². The van der Waals surface area contributed by atoms with E-state index in [1.807, 2.05) is 13.0 Å². The zero-order chi connectivity index (χ0) is 13.1. The maximum Gasteiger partial charge on any atom is 0.340 e. The highest BCUT2D eigenvalue weighted by Crippen LogP contribution is 2.18. The summed E-state index contributed by atoms with van der Waals surface area (Å²) in [7, 11) is 0. The molecule has 0 radical (unpaired) electrons. The van der Waals surface area contributed by atoms with E-state index in [1.165, 1.54) is 0 Å². The molecule has 1 aromatic carbocycles. The summed E-state index contributed by atoms with van der Waals surface area (Å²) in [5, 5.41) is 9.49. The normalized spacial score (nSPS) is 11.3. The van der Waals surface area contributed by atoms with Crippen LogP contribution in [0.2, 0.25) is 0 Å². The minimum Gasteiger partial charge on any atom is -0.462 e. The van der Waals surface area contributed by atoms with Crippen molar-refractivity contribution in [2.24, 2.45) is 0 Å². The second kappa shape index (κ2) is 5.19. The molecule has 0 aliphatic heterocycles. The summed E-state index contributed by atoms with van der Waals surface area (Å²) in [6.07, 6.45) is 0.393. The van der Waals surface area contributed by atoms with E-state index in [0.717, 1.165) is 5.56 Å². The number of esters is 1. The Morgan fingerprint density at radius 2 is 2.12 bits per heavy atom. The highest BCUT2D eigenvalue weighted by molar-refractivity contribution is 5.96. The second-order valence-corrected chi connectivity index (χ2v) is 4.74. The molecule has 17 heavy (non-hydrogen) atoms. The van der Waals surface area contributed by atoms with Gasteiger partial charge in [-0.05, 0) is 32.4 Å². The number of rotatable bonds is 4. The number of carbonyl (C=O) groups excluding carboxylic acids is 1. The molecule has 0 saturated heterocycles. The molecule has 0 aliphatic carbocycles. The van der Waals surface area contributed by atoms with E-state index in [1.54, 1.807) is 26.0 Å². The molecule has 0 heterocycles. The molecule has 0 bridgehead atoms. The Balaban J connectivity index is 2.65. The Labute approximate surface area is 101 Å². The molecule has 0 unspecified atom stereocenters. The van der Waals surface area contributed by atoms with Crippen molar-refractivity contribution in [2.45, 2.75) is 32.8 Å². The molecule has 1 aromatic rings. The van der Waals surface area contributed by atoms with Crippen molar-refractivity contribution in [3.63, 3.8) is 0 Å². The highest BCUT2D eigenvalue weighted by Gasteiger charge is 2.17. The van der Waals surface area contributed by atoms with Crippen LogP contribution in [0.15, 0.2) is 18.2 Å². The molecule has 3 N–H and O–H groups in total. The van der Waals surface area contributed by atoms with Gasteiger partial charge in [-0.1, -0.05) is 12.1 Å². The van der Waals surface area contributed by atoms with Gasteiger partial charge in [0, 0.05) is 12.1 Å². The molecule has 1 rings (SSSR count). The second-order valence-electron chi connectivity index (χ2n) is 4.74. The fourth-order valence-corrected chi connectivity index (χ4v) is 1.43. The summed E-state index contributed by atoms with van der Waals surface area (Å²) in [5.74, 6) is -0.440. The average molecular weight is 237 g/mol. The van der Waals surface area contributed by atoms with Gasteiger partial charge in [0.1, 0.15) is 0 Å². The summed E-state index contributed by atoms with van der Waals surface area (Å²) in [6.45, 7) is 5.32. The van der Waals surface area contributed by atoms with Gasteiger partial charge in [-0.2, -0.15) is 0 Å². The fraction of sp³-hybridized carbons (Fsp3) is 0.462. The van der Waals surface area contributed by atoms with Crippen LogP contribution in [0.1, 0.15) is 36.2 Å². The van der Waals surface area contributed by atoms with Crippen molar-refractivity contribution in [1.29, 1.82) is 0 Å². The van der Waals surface area contributed by atoms with Gasteiger partial charge in [0.05, 0.1) is 17.8 Å². The van der Waals surface area contributed by atoms with Crippen LogP contribution in [-0.2, 0) is 4.74 Å². The summed E-state index contributed by atoms with van der Waals surface area (Å²) in [6, 6.07) is 5.26. The molecular weight excluding hydrogens is 218 g/mol. The number of anilines is 1. The number of hydrogen-bond donors (Lipinski definition) is 2. The first-order valence-corrected chi connectivity index (χ1v) is 5.56. The first-order valence-electron chi connectivity index (χ1n) is 5.56. The minimum atomic E-state index is -0.836. The first-order chi connectivity index (χ1) is 7.81. The number of aryl methyl sites for hydroxylation is 1. The topological polar surface area (TPSA) is 72.6 Å². The molecular formula is C13H19NO3. The van der Waals surface area contributed by atoms with Crippen LogP contribution in [0.3, 0.4) is 0 Å². The maximum absolute atomic E-state index is 11.8. The lowest BCUT2D eigenvalue weighted by molar-refractivity contribution is 0.0245. The monoisotopic (exact) mass is 237 g/mol. The van der Waals surface area contributed by atoms with E-state index in [4.69, 9.17) is 10.5 Å². The fourth-order valence-electron chi connectivity index (χ4n) is 1.43. The smallest absolute Gasteiger partial charge is 0.340 e. The highest BCUT2D eigenvalue weighted by atomic mass is 16.5. The lowest BCUT2D eigenvalue weighted by atomic mass is 10.1. The average Bonchev–Trinajstić information content (AvgIpc) is 2.15. The Hall–Kier alpha value is -1.55. The molecule has 0 atom stereocenters. The third-order valence-corrected chi connectivity index (χ3v) is 2.46. The molecule has 0 aliphatic rings. The summed E-state index contributed by atoms with van der Waals surface area (Å²) >= 11 is 0. The molecule has 0 aromatic heterocycles. The molecule has 4 nitrogen and oxygen atoms in total. The predicted molar refractivity (Wildman–Crippen MR) is 66.8 cm³/mol. The Bertz CT molecular complexity index is 387. The van der Waals surface area contributed by atoms with Gasteiger partial charge in [-0.3, -0.25) is 0 Å². The number of nitrogen functional groups attached to an aromatic ring is 1. The van der Waals surface area contributed by atoms with Crippen LogP contribution in [0.5, 0.6) is 0 Å². The van der Waals surface area contributed by atoms with Crippen molar-refractivity contribution in [1.82, 2.24) is 0 Å². The van der Waals surface area contributed by atoms with Crippen molar-refractivity contribution in [3.05, 3.63) is 29.3 Å². The van der Waals surface area contributed by atoms with Crippen molar-refractivity contribution >= 4 is 11.7 Å². The zero-order valence-corrected chi connectivity index (χ0v) is 10.5. The number of ether oxygens (including phenoxy) is 1. The van der Waals surface area contributed by atoms with Gasteiger partial charge < -0.3 is 15.6 Å². The van der Waals surface area contributed by atoms with Crippen molar-refractivity contribution in [3.8, 4) is 0 Å². The number of hydrogen-bond acceptors (Lipinski definition) is 4. The summed E-state index contributed by atoms with van der Waals surface area (Å²) < 4.78 is 5.09. The number of nitrogens with two attached hydrogens (primary N) is 1. The van der Waals surface area contributed by atoms with Gasteiger partial charge in [0.25, 0.3) is 0 Å². The molecule has 94 valence electrons. The third-order valence-electron chi connectivity index (χ3n) is 2.46. The van der Waals surface area contributed by atoms with E-state index in [9.17, 15) is 9.90 Å². The van der Waals surface area contributed by atoms with Crippen molar-refractivity contribution in [2.75, 3.05) is 12.3 Å². The Morgan fingerprint density at radius 3 is 2.65 bits per heavy atom. The Morgan fingerprint density at radius 1 is 1.47 bits per heavy atom. The standard InChI is InChI=1S/C13H19NO3/c1-9-5-4-6-10(14)11(9)12(15)17-8-7-13(2,3)16/h4-6,16H,7-8,14H2,1-3H3. The quantitative estimate of drug-likeness (QED) is 0.619. The number of benzene rings is 1. The van der Waals surface area contributed by atoms with Crippen LogP contribution in [0, 0.1) is 6.92 Å². The molecule has 0 fully saturated rings. The van der Waals surface area contributed by atoms with Gasteiger partial charge in [0.15, 0.2) is 0 Å². The Kier molecular flexibility index (Phi) is 4.12.